The number of nitrogens with zero attached hydrogens (tertiary/aromatic N) is 2. The molecule has 310 valence electrons. The summed E-state index contributed by atoms with van der Waals surface area (Å²) in [5.74, 6) is 0. The number of rotatable bonds is 10. The van der Waals surface area contributed by atoms with Crippen molar-refractivity contribution >= 4 is 34.1 Å². The maximum atomic E-state index is 2.42. The maximum absolute atomic E-state index is 2.42. The van der Waals surface area contributed by atoms with E-state index in [1.807, 2.05) is 0 Å². The molecule has 0 atom stereocenters. The summed E-state index contributed by atoms with van der Waals surface area (Å²) in [4.78, 5) is 4.76. The zero-order chi connectivity index (χ0) is 43.7. The number of para-hydroxylation sites is 2. The molecule has 0 amide bonds. The van der Waals surface area contributed by atoms with Gasteiger partial charge in [-0.15, -0.1) is 0 Å². The molecule has 0 saturated heterocycles. The first-order valence-corrected chi connectivity index (χ1v) is 22.5. The fraction of sp³-hybridized carbons (Fsp3) is 0.0476. The molecule has 0 aromatic heterocycles. The lowest BCUT2D eigenvalue weighted by atomic mass is 9.82. The van der Waals surface area contributed by atoms with Gasteiger partial charge in [0.2, 0.25) is 0 Å². The van der Waals surface area contributed by atoms with Crippen LogP contribution >= 0.6 is 0 Å². The van der Waals surface area contributed by atoms with Gasteiger partial charge in [-0.2, -0.15) is 0 Å². The summed E-state index contributed by atoms with van der Waals surface area (Å²) in [5, 5.41) is 0. The zero-order valence-electron chi connectivity index (χ0n) is 36.6. The molecule has 0 bridgehead atoms. The summed E-state index contributed by atoms with van der Waals surface area (Å²) < 4.78 is 0. The van der Waals surface area contributed by atoms with Crippen LogP contribution in [-0.2, 0) is 5.41 Å². The van der Waals surface area contributed by atoms with Crippen LogP contribution in [0, 0.1) is 0 Å². The van der Waals surface area contributed by atoms with Crippen molar-refractivity contribution in [2.75, 3.05) is 9.80 Å². The molecule has 0 N–H and O–H groups in total. The van der Waals surface area contributed by atoms with Gasteiger partial charge in [-0.1, -0.05) is 190 Å². The number of hydrogen-bond donors (Lipinski definition) is 0. The van der Waals surface area contributed by atoms with Gasteiger partial charge in [0.05, 0.1) is 0 Å². The van der Waals surface area contributed by atoms with Gasteiger partial charge < -0.3 is 9.80 Å². The molecule has 0 radical (unpaired) electrons. The van der Waals surface area contributed by atoms with Crippen molar-refractivity contribution in [2.45, 2.75) is 19.3 Å². The second kappa shape index (κ2) is 16.8. The van der Waals surface area contributed by atoms with Crippen molar-refractivity contribution in [3.63, 3.8) is 0 Å². The summed E-state index contributed by atoms with van der Waals surface area (Å²) in [6.07, 6.45) is 0. The molecule has 2 heteroatoms. The highest BCUT2D eigenvalue weighted by atomic mass is 15.1. The van der Waals surface area contributed by atoms with Crippen LogP contribution in [0.5, 0.6) is 0 Å². The van der Waals surface area contributed by atoms with Crippen LogP contribution in [0.15, 0.2) is 255 Å². The Morgan fingerprint density at radius 2 is 0.508 bits per heavy atom. The van der Waals surface area contributed by atoms with E-state index < -0.39 is 0 Å². The lowest BCUT2D eigenvalue weighted by molar-refractivity contribution is 0.660. The highest BCUT2D eigenvalue weighted by Gasteiger charge is 2.37. The molecule has 1 aliphatic rings. The fourth-order valence-electron chi connectivity index (χ4n) is 9.64. The van der Waals surface area contributed by atoms with E-state index in [1.54, 1.807) is 0 Å². The Kier molecular flexibility index (Phi) is 10.3. The monoisotopic (exact) mass is 832 g/mol. The van der Waals surface area contributed by atoms with Crippen LogP contribution in [0.2, 0.25) is 0 Å². The van der Waals surface area contributed by atoms with Gasteiger partial charge in [0, 0.05) is 39.5 Å². The van der Waals surface area contributed by atoms with Crippen LogP contribution in [0.4, 0.5) is 34.1 Å². The normalized spacial score (nSPS) is 12.3. The highest BCUT2D eigenvalue weighted by Crippen LogP contribution is 2.52. The van der Waals surface area contributed by atoms with Gasteiger partial charge in [-0.05, 0) is 146 Å². The molecule has 10 aromatic rings. The smallest absolute Gasteiger partial charge is 0.0465 e. The molecule has 65 heavy (non-hydrogen) atoms. The largest absolute Gasteiger partial charge is 0.310 e. The quantitative estimate of drug-likeness (QED) is 0.135. The fourth-order valence-corrected chi connectivity index (χ4v) is 9.64. The second-order valence-corrected chi connectivity index (χ2v) is 17.4. The number of anilines is 6. The molecule has 0 fully saturated rings. The van der Waals surface area contributed by atoms with Crippen molar-refractivity contribution in [1.82, 2.24) is 0 Å². The topological polar surface area (TPSA) is 6.48 Å². The standard InChI is InChI=1S/C63H48N2/c1-63(2)61-43-57(64(53-22-11-5-12-23-53)55-34-30-49(31-35-55)48-28-26-47(27-29-48)45-16-7-3-8-17-45)38-40-59(61)60-41-39-58(44-62(60)63)65(54-24-13-6-14-25-54)56-36-32-50(33-37-56)52-21-15-20-51(42-52)46-18-9-4-10-19-46/h3-44H,1-2H3. The van der Waals surface area contributed by atoms with Gasteiger partial charge >= 0.3 is 0 Å². The Morgan fingerprint density at radius 3 is 0.908 bits per heavy atom. The molecule has 1 aliphatic carbocycles. The van der Waals surface area contributed by atoms with Gasteiger partial charge in [-0.25, -0.2) is 0 Å². The first kappa shape index (κ1) is 39.6. The highest BCUT2D eigenvalue weighted by molar-refractivity contribution is 5.89. The zero-order valence-corrected chi connectivity index (χ0v) is 36.6. The molecule has 0 unspecified atom stereocenters. The van der Waals surface area contributed by atoms with Crippen molar-refractivity contribution in [1.29, 1.82) is 0 Å². The third-order valence-corrected chi connectivity index (χ3v) is 13.1. The minimum absolute atomic E-state index is 0.245. The Hall–Kier alpha value is -8.20. The van der Waals surface area contributed by atoms with Gasteiger partial charge in [0.25, 0.3) is 0 Å². The van der Waals surface area contributed by atoms with E-state index in [0.717, 1.165) is 34.1 Å². The molecule has 11 rings (SSSR count). The first-order chi connectivity index (χ1) is 32.0. The first-order valence-electron chi connectivity index (χ1n) is 22.5. The van der Waals surface area contributed by atoms with Gasteiger partial charge in [0.15, 0.2) is 0 Å². The van der Waals surface area contributed by atoms with E-state index in [2.05, 4.69) is 278 Å². The SMILES string of the molecule is CC1(C)c2cc(N(c3ccccc3)c3ccc(-c4ccc(-c5ccccc5)cc4)cc3)ccc2-c2ccc(N(c3ccccc3)c3ccc(-c4cccc(-c5ccccc5)c4)cc3)cc21. The third kappa shape index (κ3) is 7.60. The average Bonchev–Trinajstić information content (AvgIpc) is 3.60. The van der Waals surface area contributed by atoms with Gasteiger partial charge in [0.1, 0.15) is 0 Å². The Labute approximate surface area is 383 Å². The van der Waals surface area contributed by atoms with Crippen LogP contribution in [0.25, 0.3) is 55.6 Å². The van der Waals surface area contributed by atoms with Crippen molar-refractivity contribution in [3.8, 4) is 55.6 Å². The van der Waals surface area contributed by atoms with E-state index in [1.165, 1.54) is 66.8 Å². The Balaban J connectivity index is 0.914. The molecule has 0 spiro atoms. The van der Waals surface area contributed by atoms with Crippen molar-refractivity contribution in [3.05, 3.63) is 266 Å². The van der Waals surface area contributed by atoms with Crippen LogP contribution in [-0.4, -0.2) is 0 Å². The summed E-state index contributed by atoms with van der Waals surface area (Å²) in [5.41, 5.74) is 21.4. The predicted molar refractivity (Wildman–Crippen MR) is 275 cm³/mol. The minimum atomic E-state index is -0.245. The molecule has 0 aliphatic heterocycles. The minimum Gasteiger partial charge on any atom is -0.310 e. The number of fused-ring (bicyclic) bond motifs is 3. The van der Waals surface area contributed by atoms with E-state index in [4.69, 9.17) is 0 Å². The second-order valence-electron chi connectivity index (χ2n) is 17.4. The molecular formula is C63H48N2. The van der Waals surface area contributed by atoms with Gasteiger partial charge in [-0.3, -0.25) is 0 Å². The molecular weight excluding hydrogens is 785 g/mol. The Bertz CT molecular complexity index is 3230. The lowest BCUT2D eigenvalue weighted by Crippen LogP contribution is -2.17. The summed E-state index contributed by atoms with van der Waals surface area (Å²) >= 11 is 0. The Morgan fingerprint density at radius 1 is 0.231 bits per heavy atom. The third-order valence-electron chi connectivity index (χ3n) is 13.1. The number of benzene rings is 10. The van der Waals surface area contributed by atoms with Crippen molar-refractivity contribution in [2.24, 2.45) is 0 Å². The van der Waals surface area contributed by atoms with Crippen molar-refractivity contribution < 1.29 is 0 Å². The van der Waals surface area contributed by atoms with Crippen LogP contribution < -0.4 is 9.80 Å². The van der Waals surface area contributed by atoms with Crippen LogP contribution in [0.3, 0.4) is 0 Å². The van der Waals surface area contributed by atoms with E-state index in [0.29, 0.717) is 0 Å². The maximum Gasteiger partial charge on any atom is 0.0465 e. The lowest BCUT2D eigenvalue weighted by Gasteiger charge is -2.29. The van der Waals surface area contributed by atoms with E-state index in [9.17, 15) is 0 Å². The molecule has 10 aromatic carbocycles. The number of hydrogen-bond acceptors (Lipinski definition) is 2. The average molecular weight is 833 g/mol. The molecule has 2 nitrogen and oxygen atoms in total. The summed E-state index contributed by atoms with van der Waals surface area (Å²) in [6, 6.07) is 92.3. The molecule has 0 saturated carbocycles. The predicted octanol–water partition coefficient (Wildman–Crippen LogP) is 17.6. The molecule has 0 heterocycles. The van der Waals surface area contributed by atoms with E-state index in [-0.39, 0.29) is 5.41 Å². The summed E-state index contributed by atoms with van der Waals surface area (Å²) in [7, 11) is 0. The van der Waals surface area contributed by atoms with Crippen LogP contribution in [0.1, 0.15) is 25.0 Å². The summed E-state index contributed by atoms with van der Waals surface area (Å²) in [6.45, 7) is 4.75. The van der Waals surface area contributed by atoms with E-state index >= 15 is 0 Å².